The van der Waals surface area contributed by atoms with Gasteiger partial charge in [-0.25, -0.2) is 0 Å². The first-order chi connectivity index (χ1) is 11.9. The predicted molar refractivity (Wildman–Crippen MR) is 99.5 cm³/mol. The SMILES string of the molecule is CC(C)=CCC1C(=O)C(C(=O)CC(C)C)C(=O)C(O)(CC=C(C)C)C1=O. The maximum Gasteiger partial charge on any atom is 0.190 e. The van der Waals surface area contributed by atoms with Gasteiger partial charge in [0.25, 0.3) is 0 Å². The quantitative estimate of drug-likeness (QED) is 0.555. The topological polar surface area (TPSA) is 88.5 Å². The van der Waals surface area contributed by atoms with Crippen molar-refractivity contribution < 1.29 is 24.3 Å². The highest BCUT2D eigenvalue weighted by Crippen LogP contribution is 2.34. The van der Waals surface area contributed by atoms with Crippen molar-refractivity contribution in [2.24, 2.45) is 17.8 Å². The highest BCUT2D eigenvalue weighted by molar-refractivity contribution is 6.35. The minimum absolute atomic E-state index is 0.0252. The van der Waals surface area contributed by atoms with Gasteiger partial charge < -0.3 is 5.11 Å². The highest BCUT2D eigenvalue weighted by atomic mass is 16.3. The van der Waals surface area contributed by atoms with E-state index >= 15 is 0 Å². The summed E-state index contributed by atoms with van der Waals surface area (Å²) in [6.07, 6.45) is 3.26. The van der Waals surface area contributed by atoms with Gasteiger partial charge in [-0.2, -0.15) is 0 Å². The fourth-order valence-corrected chi connectivity index (χ4v) is 3.06. The summed E-state index contributed by atoms with van der Waals surface area (Å²) in [7, 11) is 0. The third-order valence-electron chi connectivity index (χ3n) is 4.52. The van der Waals surface area contributed by atoms with Crippen LogP contribution in [-0.2, 0) is 19.2 Å². The Balaban J connectivity index is 3.38. The summed E-state index contributed by atoms with van der Waals surface area (Å²) in [5.41, 5.74) is -0.565. The number of hydrogen-bond donors (Lipinski definition) is 1. The molecular formula is C21H30O5. The molecule has 1 fully saturated rings. The highest BCUT2D eigenvalue weighted by Gasteiger charge is 2.58. The molecule has 1 aliphatic rings. The number of Topliss-reactive ketones (excluding diaryl/α,β-unsaturated/α-hetero) is 4. The van der Waals surface area contributed by atoms with Crippen molar-refractivity contribution >= 4 is 23.1 Å². The first-order valence-corrected chi connectivity index (χ1v) is 9.06. The molecule has 0 aromatic carbocycles. The van der Waals surface area contributed by atoms with Crippen molar-refractivity contribution in [1.29, 1.82) is 0 Å². The standard InChI is InChI=1S/C21H30O5/c1-12(2)7-8-15-18(23)17(16(22)11-14(5)6)20(25)21(26,19(15)24)10-9-13(3)4/h7,9,14-15,17,26H,8,10-11H2,1-6H3. The normalized spacial score (nSPS) is 26.1. The van der Waals surface area contributed by atoms with Gasteiger partial charge in [-0.05, 0) is 40.0 Å². The van der Waals surface area contributed by atoms with E-state index in [9.17, 15) is 24.3 Å². The van der Waals surface area contributed by atoms with Gasteiger partial charge in [-0.15, -0.1) is 0 Å². The first kappa shape index (κ1) is 22.2. The van der Waals surface area contributed by atoms with Crippen molar-refractivity contribution in [2.75, 3.05) is 0 Å². The summed E-state index contributed by atoms with van der Waals surface area (Å²) in [6, 6.07) is 0. The van der Waals surface area contributed by atoms with E-state index < -0.39 is 40.6 Å². The van der Waals surface area contributed by atoms with Gasteiger partial charge in [0.1, 0.15) is 5.92 Å². The molecular weight excluding hydrogens is 332 g/mol. The van der Waals surface area contributed by atoms with Gasteiger partial charge in [-0.3, -0.25) is 19.2 Å². The fourth-order valence-electron chi connectivity index (χ4n) is 3.06. The number of allylic oxidation sites excluding steroid dienone is 3. The minimum atomic E-state index is -2.32. The van der Waals surface area contributed by atoms with E-state index in [1.807, 2.05) is 27.7 Å². The Morgan fingerprint density at radius 1 is 1.04 bits per heavy atom. The predicted octanol–water partition coefficient (Wildman–Crippen LogP) is 3.00. The maximum atomic E-state index is 12.8. The van der Waals surface area contributed by atoms with Crippen LogP contribution >= 0.6 is 0 Å². The molecule has 0 amide bonds. The molecule has 0 saturated heterocycles. The third kappa shape index (κ3) is 4.85. The van der Waals surface area contributed by atoms with Crippen LogP contribution < -0.4 is 0 Å². The van der Waals surface area contributed by atoms with Crippen LogP contribution in [0.4, 0.5) is 0 Å². The molecule has 1 N–H and O–H groups in total. The van der Waals surface area contributed by atoms with Crippen LogP contribution in [0, 0.1) is 17.8 Å². The third-order valence-corrected chi connectivity index (χ3v) is 4.52. The molecule has 26 heavy (non-hydrogen) atoms. The van der Waals surface area contributed by atoms with E-state index in [0.29, 0.717) is 0 Å². The Labute approximate surface area is 155 Å². The van der Waals surface area contributed by atoms with E-state index in [1.165, 1.54) is 0 Å². The molecule has 144 valence electrons. The Kier molecular flexibility index (Phi) is 7.39. The van der Waals surface area contributed by atoms with Crippen LogP contribution in [0.25, 0.3) is 0 Å². The lowest BCUT2D eigenvalue weighted by Gasteiger charge is -2.36. The van der Waals surface area contributed by atoms with Crippen LogP contribution in [0.1, 0.15) is 60.8 Å². The zero-order valence-corrected chi connectivity index (χ0v) is 16.6. The molecule has 1 aliphatic carbocycles. The van der Waals surface area contributed by atoms with E-state index in [4.69, 9.17) is 0 Å². The minimum Gasteiger partial charge on any atom is -0.374 e. The molecule has 1 saturated carbocycles. The summed E-state index contributed by atoms with van der Waals surface area (Å²) >= 11 is 0. The van der Waals surface area contributed by atoms with Crippen molar-refractivity contribution in [2.45, 2.75) is 66.4 Å². The molecule has 5 heteroatoms. The molecule has 0 heterocycles. The zero-order chi connectivity index (χ0) is 20.2. The van der Waals surface area contributed by atoms with Crippen molar-refractivity contribution in [3.05, 3.63) is 23.3 Å². The largest absolute Gasteiger partial charge is 0.374 e. The molecule has 3 atom stereocenters. The average Bonchev–Trinajstić information content (AvgIpc) is 2.50. The number of ketones is 4. The molecule has 0 aliphatic heterocycles. The Morgan fingerprint density at radius 2 is 1.58 bits per heavy atom. The molecule has 3 unspecified atom stereocenters. The van der Waals surface area contributed by atoms with Crippen molar-refractivity contribution in [1.82, 2.24) is 0 Å². The second kappa shape index (κ2) is 8.67. The van der Waals surface area contributed by atoms with E-state index in [2.05, 4.69) is 0 Å². The van der Waals surface area contributed by atoms with Crippen LogP contribution in [0.3, 0.4) is 0 Å². The van der Waals surface area contributed by atoms with Crippen LogP contribution in [0.2, 0.25) is 0 Å². The van der Waals surface area contributed by atoms with Crippen molar-refractivity contribution in [3.8, 4) is 0 Å². The van der Waals surface area contributed by atoms with Gasteiger partial charge >= 0.3 is 0 Å². The number of aliphatic hydroxyl groups is 1. The average molecular weight is 362 g/mol. The number of carbonyl (C=O) groups is 4. The van der Waals surface area contributed by atoms with Gasteiger partial charge in [-0.1, -0.05) is 37.1 Å². The zero-order valence-electron chi connectivity index (χ0n) is 16.6. The molecule has 0 spiro atoms. The van der Waals surface area contributed by atoms with E-state index in [1.54, 1.807) is 26.0 Å². The lowest BCUT2D eigenvalue weighted by Crippen LogP contribution is -2.62. The summed E-state index contributed by atoms with van der Waals surface area (Å²) < 4.78 is 0. The molecule has 0 radical (unpaired) electrons. The summed E-state index contributed by atoms with van der Waals surface area (Å²) in [6.45, 7) is 10.9. The van der Waals surface area contributed by atoms with E-state index in [0.717, 1.165) is 11.1 Å². The van der Waals surface area contributed by atoms with Gasteiger partial charge in [0.15, 0.2) is 28.7 Å². The molecule has 1 rings (SSSR count). The van der Waals surface area contributed by atoms with Crippen molar-refractivity contribution in [3.63, 3.8) is 0 Å². The van der Waals surface area contributed by atoms with Gasteiger partial charge in [0, 0.05) is 12.8 Å². The van der Waals surface area contributed by atoms with Crippen LogP contribution in [0.15, 0.2) is 23.3 Å². The molecule has 0 aromatic heterocycles. The first-order valence-electron chi connectivity index (χ1n) is 9.06. The number of carbonyl (C=O) groups excluding carboxylic acids is 4. The Bertz CT molecular complexity index is 660. The maximum absolute atomic E-state index is 12.8. The lowest BCUT2D eigenvalue weighted by molar-refractivity contribution is -0.166. The Morgan fingerprint density at radius 3 is 2.04 bits per heavy atom. The lowest BCUT2D eigenvalue weighted by atomic mass is 9.65. The fraction of sp³-hybridized carbons (Fsp3) is 0.619. The van der Waals surface area contributed by atoms with E-state index in [-0.39, 0.29) is 25.2 Å². The summed E-state index contributed by atoms with van der Waals surface area (Å²) in [4.78, 5) is 51.0. The molecule has 0 bridgehead atoms. The smallest absolute Gasteiger partial charge is 0.190 e. The van der Waals surface area contributed by atoms with Crippen LogP contribution in [-0.4, -0.2) is 33.8 Å². The monoisotopic (exact) mass is 362 g/mol. The Hall–Kier alpha value is -1.88. The van der Waals surface area contributed by atoms with Gasteiger partial charge in [0.05, 0.1) is 5.92 Å². The summed E-state index contributed by atoms with van der Waals surface area (Å²) in [5, 5.41) is 10.9. The second-order valence-corrected chi connectivity index (χ2v) is 8.04. The number of hydrogen-bond acceptors (Lipinski definition) is 5. The molecule has 5 nitrogen and oxygen atoms in total. The number of rotatable bonds is 7. The van der Waals surface area contributed by atoms with Crippen LogP contribution in [0.5, 0.6) is 0 Å². The van der Waals surface area contributed by atoms with Gasteiger partial charge in [0.2, 0.25) is 0 Å². The molecule has 0 aromatic rings. The summed E-state index contributed by atoms with van der Waals surface area (Å²) in [5.74, 6) is -5.70. The second-order valence-electron chi connectivity index (χ2n) is 8.04.